The maximum absolute atomic E-state index is 13.3. The number of anilines is 1. The van der Waals surface area contributed by atoms with Crippen LogP contribution in [0.4, 0.5) is 10.3 Å². The predicted molar refractivity (Wildman–Crippen MR) is 109 cm³/mol. The summed E-state index contributed by atoms with van der Waals surface area (Å²) in [5, 5.41) is 7.85. The Morgan fingerprint density at radius 2 is 2.10 bits per heavy atom. The van der Waals surface area contributed by atoms with Crippen molar-refractivity contribution in [3.63, 3.8) is 0 Å². The number of thiophene rings is 1. The molecule has 4 aromatic heterocycles. The molecule has 4 aromatic rings. The van der Waals surface area contributed by atoms with Crippen LogP contribution in [-0.2, 0) is 6.54 Å². The zero-order chi connectivity index (χ0) is 20.2. The van der Waals surface area contributed by atoms with E-state index in [-0.39, 0.29) is 24.2 Å². The molecule has 29 heavy (non-hydrogen) atoms. The van der Waals surface area contributed by atoms with Crippen LogP contribution in [0, 0.1) is 5.82 Å². The molecule has 146 valence electrons. The van der Waals surface area contributed by atoms with Gasteiger partial charge in [0.1, 0.15) is 5.82 Å². The van der Waals surface area contributed by atoms with Gasteiger partial charge in [-0.25, -0.2) is 14.4 Å². The summed E-state index contributed by atoms with van der Waals surface area (Å²) in [5.41, 5.74) is 2.50. The summed E-state index contributed by atoms with van der Waals surface area (Å²) in [7, 11) is 0. The zero-order valence-electron chi connectivity index (χ0n) is 15.5. The van der Waals surface area contributed by atoms with E-state index in [1.54, 1.807) is 12.4 Å². The van der Waals surface area contributed by atoms with Crippen LogP contribution in [-0.4, -0.2) is 25.8 Å². The summed E-state index contributed by atoms with van der Waals surface area (Å²) in [6.45, 7) is 2.12. The second-order valence-electron chi connectivity index (χ2n) is 6.38. The van der Waals surface area contributed by atoms with Gasteiger partial charge in [-0.2, -0.15) is 0 Å². The molecule has 4 heterocycles. The molecular weight excluding hydrogens is 391 g/mol. The SMILES string of the molecule is CC(Nc1nc(C(=O)NCc2cncc(F)c2)c2sccc2n1)c1cccnc1. The lowest BCUT2D eigenvalue weighted by molar-refractivity contribution is 0.0948. The second-order valence-corrected chi connectivity index (χ2v) is 7.29. The summed E-state index contributed by atoms with van der Waals surface area (Å²) in [6.07, 6.45) is 6.10. The molecule has 1 unspecified atom stereocenters. The highest BCUT2D eigenvalue weighted by atomic mass is 32.1. The maximum atomic E-state index is 13.3. The van der Waals surface area contributed by atoms with E-state index in [1.807, 2.05) is 30.5 Å². The lowest BCUT2D eigenvalue weighted by Crippen LogP contribution is -2.25. The highest BCUT2D eigenvalue weighted by molar-refractivity contribution is 7.17. The molecule has 0 saturated heterocycles. The molecule has 0 spiro atoms. The molecule has 0 aliphatic rings. The van der Waals surface area contributed by atoms with E-state index in [4.69, 9.17) is 0 Å². The fraction of sp³-hybridized carbons (Fsp3) is 0.150. The van der Waals surface area contributed by atoms with E-state index < -0.39 is 5.82 Å². The standard InChI is InChI=1S/C20H17FN6OS/c1-12(14-3-2-5-22-10-14)25-20-26-16-4-6-29-18(16)17(27-20)19(28)24-9-13-7-15(21)11-23-8-13/h2-8,10-12H,9H2,1H3,(H,24,28)(H,25,26,27). The van der Waals surface area contributed by atoms with Crippen LogP contribution in [0.3, 0.4) is 0 Å². The van der Waals surface area contributed by atoms with Crippen LogP contribution in [0.2, 0.25) is 0 Å². The quantitative estimate of drug-likeness (QED) is 0.505. The van der Waals surface area contributed by atoms with Crippen LogP contribution < -0.4 is 10.6 Å². The number of pyridine rings is 2. The number of aromatic nitrogens is 4. The first-order valence-corrected chi connectivity index (χ1v) is 9.77. The topological polar surface area (TPSA) is 92.7 Å². The molecule has 9 heteroatoms. The molecule has 0 fully saturated rings. The number of carbonyl (C=O) groups excluding carboxylic acids is 1. The Kier molecular flexibility index (Phi) is 5.39. The number of halogens is 1. The average molecular weight is 408 g/mol. The molecule has 0 aromatic carbocycles. The van der Waals surface area contributed by atoms with Gasteiger partial charge < -0.3 is 10.6 Å². The van der Waals surface area contributed by atoms with Gasteiger partial charge in [-0.15, -0.1) is 11.3 Å². The molecular formula is C20H17FN6OS. The first-order chi connectivity index (χ1) is 14.1. The van der Waals surface area contributed by atoms with E-state index >= 15 is 0 Å². The van der Waals surface area contributed by atoms with Gasteiger partial charge in [-0.05, 0) is 41.6 Å². The number of nitrogens with zero attached hydrogens (tertiary/aromatic N) is 4. The number of nitrogens with one attached hydrogen (secondary N) is 2. The Morgan fingerprint density at radius 3 is 2.90 bits per heavy atom. The molecule has 7 nitrogen and oxygen atoms in total. The van der Waals surface area contributed by atoms with Gasteiger partial charge in [0.25, 0.3) is 5.91 Å². The van der Waals surface area contributed by atoms with Gasteiger partial charge in [-0.3, -0.25) is 14.8 Å². The Labute approximate surface area is 170 Å². The highest BCUT2D eigenvalue weighted by Crippen LogP contribution is 2.25. The Hall–Kier alpha value is -3.46. The van der Waals surface area contributed by atoms with Crippen molar-refractivity contribution >= 4 is 33.4 Å². The Morgan fingerprint density at radius 1 is 1.21 bits per heavy atom. The zero-order valence-corrected chi connectivity index (χ0v) is 16.3. The molecule has 1 amide bonds. The molecule has 4 rings (SSSR count). The summed E-state index contributed by atoms with van der Waals surface area (Å²) in [5.74, 6) is -0.457. The van der Waals surface area contributed by atoms with Crippen LogP contribution >= 0.6 is 11.3 Å². The van der Waals surface area contributed by atoms with E-state index in [2.05, 4.69) is 30.6 Å². The fourth-order valence-electron chi connectivity index (χ4n) is 2.81. The van der Waals surface area contributed by atoms with Crippen LogP contribution in [0.1, 0.15) is 34.6 Å². The summed E-state index contributed by atoms with van der Waals surface area (Å²) < 4.78 is 14.0. The van der Waals surface area contributed by atoms with Crippen molar-refractivity contribution in [1.29, 1.82) is 0 Å². The molecule has 2 N–H and O–H groups in total. The normalized spacial score (nSPS) is 11.9. The van der Waals surface area contributed by atoms with Gasteiger partial charge in [0, 0.05) is 25.1 Å². The van der Waals surface area contributed by atoms with Gasteiger partial charge in [0.05, 0.1) is 22.5 Å². The smallest absolute Gasteiger partial charge is 0.271 e. The van der Waals surface area contributed by atoms with Crippen molar-refractivity contribution in [1.82, 2.24) is 25.3 Å². The van der Waals surface area contributed by atoms with Gasteiger partial charge >= 0.3 is 0 Å². The van der Waals surface area contributed by atoms with E-state index in [9.17, 15) is 9.18 Å². The fourth-order valence-corrected chi connectivity index (χ4v) is 3.63. The van der Waals surface area contributed by atoms with Crippen molar-refractivity contribution in [3.8, 4) is 0 Å². The molecule has 0 aliphatic heterocycles. The third-order valence-corrected chi connectivity index (χ3v) is 5.17. The first kappa shape index (κ1) is 18.9. The van der Waals surface area contributed by atoms with E-state index in [1.165, 1.54) is 23.6 Å². The summed E-state index contributed by atoms with van der Waals surface area (Å²) >= 11 is 1.39. The third kappa shape index (κ3) is 4.35. The summed E-state index contributed by atoms with van der Waals surface area (Å²) in [6, 6.07) is 6.89. The number of amides is 1. The van der Waals surface area contributed by atoms with Crippen molar-refractivity contribution in [2.24, 2.45) is 0 Å². The van der Waals surface area contributed by atoms with E-state index in [0.717, 1.165) is 11.8 Å². The van der Waals surface area contributed by atoms with Crippen molar-refractivity contribution < 1.29 is 9.18 Å². The van der Waals surface area contributed by atoms with Gasteiger partial charge in [0.15, 0.2) is 5.69 Å². The lowest BCUT2D eigenvalue weighted by Gasteiger charge is -2.14. The molecule has 0 saturated carbocycles. The molecule has 0 aliphatic carbocycles. The van der Waals surface area contributed by atoms with Crippen LogP contribution in [0.5, 0.6) is 0 Å². The Balaban J connectivity index is 1.56. The van der Waals surface area contributed by atoms with E-state index in [0.29, 0.717) is 21.7 Å². The van der Waals surface area contributed by atoms with Gasteiger partial charge in [0.2, 0.25) is 5.95 Å². The van der Waals surface area contributed by atoms with Crippen molar-refractivity contribution in [2.45, 2.75) is 19.5 Å². The van der Waals surface area contributed by atoms with Crippen LogP contribution in [0.15, 0.2) is 54.4 Å². The minimum Gasteiger partial charge on any atom is -0.348 e. The monoisotopic (exact) mass is 408 g/mol. The molecule has 0 bridgehead atoms. The number of hydrogen-bond acceptors (Lipinski definition) is 7. The number of fused-ring (bicyclic) bond motifs is 1. The first-order valence-electron chi connectivity index (χ1n) is 8.89. The van der Waals surface area contributed by atoms with Crippen molar-refractivity contribution in [3.05, 3.63) is 77.1 Å². The summed E-state index contributed by atoms with van der Waals surface area (Å²) in [4.78, 5) is 29.6. The number of carbonyl (C=O) groups is 1. The number of rotatable bonds is 6. The minimum atomic E-state index is -0.449. The highest BCUT2D eigenvalue weighted by Gasteiger charge is 2.17. The maximum Gasteiger partial charge on any atom is 0.271 e. The second kappa shape index (κ2) is 8.27. The largest absolute Gasteiger partial charge is 0.348 e. The average Bonchev–Trinajstić information content (AvgIpc) is 3.20. The lowest BCUT2D eigenvalue weighted by atomic mass is 10.1. The Bertz CT molecular complexity index is 1150. The number of hydrogen-bond donors (Lipinski definition) is 2. The predicted octanol–water partition coefficient (Wildman–Crippen LogP) is 3.72. The van der Waals surface area contributed by atoms with Crippen LogP contribution in [0.25, 0.3) is 10.2 Å². The minimum absolute atomic E-state index is 0.0888. The molecule has 0 radical (unpaired) electrons. The van der Waals surface area contributed by atoms with Gasteiger partial charge in [-0.1, -0.05) is 6.07 Å². The molecule has 1 atom stereocenters. The van der Waals surface area contributed by atoms with Crippen molar-refractivity contribution in [2.75, 3.05) is 5.32 Å². The third-order valence-electron chi connectivity index (χ3n) is 4.26.